The molecule has 1 aliphatic heterocycles. The molecule has 1 rings (SSSR count). The first-order chi connectivity index (χ1) is 8.97. The molecule has 1 N–H and O–H groups in total. The number of hydrogen-bond acceptors (Lipinski definition) is 2. The third kappa shape index (κ3) is 6.27. The third-order valence-electron chi connectivity index (χ3n) is 4.70. The third-order valence-corrected chi connectivity index (χ3v) is 4.70. The standard InChI is InChI=1S/C17H36N2/c1-6-11-18-16(17(3,4)5)10-14-19-12-8-15(7-2)9-13-19/h15-16,18H,6-14H2,1-5H3. The number of piperidine rings is 1. The van der Waals surface area contributed by atoms with E-state index < -0.39 is 0 Å². The Morgan fingerprint density at radius 2 is 1.79 bits per heavy atom. The van der Waals surface area contributed by atoms with Crippen LogP contribution in [0.2, 0.25) is 0 Å². The average Bonchev–Trinajstić information content (AvgIpc) is 2.38. The van der Waals surface area contributed by atoms with Gasteiger partial charge in [0.05, 0.1) is 0 Å². The topological polar surface area (TPSA) is 15.3 Å². The van der Waals surface area contributed by atoms with Crippen LogP contribution >= 0.6 is 0 Å². The minimum absolute atomic E-state index is 0.372. The molecule has 2 nitrogen and oxygen atoms in total. The Bertz CT molecular complexity index is 224. The van der Waals surface area contributed by atoms with Crippen molar-refractivity contribution in [2.45, 2.75) is 72.8 Å². The van der Waals surface area contributed by atoms with Crippen LogP contribution in [0.15, 0.2) is 0 Å². The molecule has 1 unspecified atom stereocenters. The second-order valence-corrected chi connectivity index (χ2v) is 7.35. The number of rotatable bonds is 7. The van der Waals surface area contributed by atoms with Gasteiger partial charge in [-0.3, -0.25) is 0 Å². The molecule has 2 heteroatoms. The predicted octanol–water partition coefficient (Wildman–Crippen LogP) is 3.91. The Morgan fingerprint density at radius 1 is 1.16 bits per heavy atom. The lowest BCUT2D eigenvalue weighted by Crippen LogP contribution is -2.44. The molecule has 0 amide bonds. The molecule has 0 aromatic heterocycles. The van der Waals surface area contributed by atoms with Crippen LogP contribution in [0, 0.1) is 11.3 Å². The number of nitrogens with zero attached hydrogens (tertiary/aromatic N) is 1. The van der Waals surface area contributed by atoms with E-state index in [0.29, 0.717) is 11.5 Å². The van der Waals surface area contributed by atoms with Crippen LogP contribution < -0.4 is 5.32 Å². The minimum atomic E-state index is 0.372. The summed E-state index contributed by atoms with van der Waals surface area (Å²) >= 11 is 0. The fraction of sp³-hybridized carbons (Fsp3) is 1.00. The first-order valence-corrected chi connectivity index (χ1v) is 8.43. The number of hydrogen-bond donors (Lipinski definition) is 1. The van der Waals surface area contributed by atoms with Crippen molar-refractivity contribution in [2.24, 2.45) is 11.3 Å². The summed E-state index contributed by atoms with van der Waals surface area (Å²) in [7, 11) is 0. The SMILES string of the molecule is CCCNC(CCN1CCC(CC)CC1)C(C)(C)C. The average molecular weight is 268 g/mol. The fourth-order valence-corrected chi connectivity index (χ4v) is 3.09. The summed E-state index contributed by atoms with van der Waals surface area (Å²) in [6, 6.07) is 0.649. The van der Waals surface area contributed by atoms with E-state index in [0.717, 1.165) is 12.5 Å². The quantitative estimate of drug-likeness (QED) is 0.753. The van der Waals surface area contributed by atoms with Crippen molar-refractivity contribution in [1.82, 2.24) is 10.2 Å². The highest BCUT2D eigenvalue weighted by Gasteiger charge is 2.25. The van der Waals surface area contributed by atoms with Crippen molar-refractivity contribution in [2.75, 3.05) is 26.2 Å². The van der Waals surface area contributed by atoms with Crippen molar-refractivity contribution in [3.63, 3.8) is 0 Å². The second-order valence-electron chi connectivity index (χ2n) is 7.35. The zero-order chi connectivity index (χ0) is 14.3. The van der Waals surface area contributed by atoms with Crippen molar-refractivity contribution in [1.29, 1.82) is 0 Å². The van der Waals surface area contributed by atoms with Gasteiger partial charge in [0.2, 0.25) is 0 Å². The van der Waals surface area contributed by atoms with Gasteiger partial charge in [0.25, 0.3) is 0 Å². The van der Waals surface area contributed by atoms with Gasteiger partial charge in [-0.1, -0.05) is 41.0 Å². The molecule has 0 aliphatic carbocycles. The summed E-state index contributed by atoms with van der Waals surface area (Å²) < 4.78 is 0. The zero-order valence-corrected chi connectivity index (χ0v) is 14.0. The molecule has 19 heavy (non-hydrogen) atoms. The Hall–Kier alpha value is -0.0800. The van der Waals surface area contributed by atoms with Gasteiger partial charge in [-0.05, 0) is 63.2 Å². The highest BCUT2D eigenvalue weighted by Crippen LogP contribution is 2.24. The molecule has 0 bridgehead atoms. The molecule has 0 saturated carbocycles. The van der Waals surface area contributed by atoms with Crippen LogP contribution in [0.5, 0.6) is 0 Å². The summed E-state index contributed by atoms with van der Waals surface area (Å²) in [5, 5.41) is 3.74. The molecule has 114 valence electrons. The molecule has 0 aromatic rings. The van der Waals surface area contributed by atoms with E-state index >= 15 is 0 Å². The van der Waals surface area contributed by atoms with Gasteiger partial charge in [0.1, 0.15) is 0 Å². The van der Waals surface area contributed by atoms with E-state index in [1.54, 1.807) is 0 Å². The van der Waals surface area contributed by atoms with E-state index in [4.69, 9.17) is 0 Å². The summed E-state index contributed by atoms with van der Waals surface area (Å²) in [5.74, 6) is 0.993. The predicted molar refractivity (Wildman–Crippen MR) is 85.6 cm³/mol. The molecule has 1 aliphatic rings. The van der Waals surface area contributed by atoms with Crippen LogP contribution in [-0.4, -0.2) is 37.1 Å². The van der Waals surface area contributed by atoms with Crippen LogP contribution in [0.3, 0.4) is 0 Å². The molecule has 0 aromatic carbocycles. The molecular weight excluding hydrogens is 232 g/mol. The monoisotopic (exact) mass is 268 g/mol. The first-order valence-electron chi connectivity index (χ1n) is 8.43. The lowest BCUT2D eigenvalue weighted by Gasteiger charge is -2.36. The van der Waals surface area contributed by atoms with Gasteiger partial charge < -0.3 is 10.2 Å². The summed E-state index contributed by atoms with van der Waals surface area (Å²) in [5.41, 5.74) is 0.372. The van der Waals surface area contributed by atoms with Gasteiger partial charge >= 0.3 is 0 Å². The van der Waals surface area contributed by atoms with E-state index in [9.17, 15) is 0 Å². The van der Waals surface area contributed by atoms with Crippen molar-refractivity contribution in [3.05, 3.63) is 0 Å². The van der Waals surface area contributed by atoms with Gasteiger partial charge in [0.15, 0.2) is 0 Å². The van der Waals surface area contributed by atoms with Crippen LogP contribution in [-0.2, 0) is 0 Å². The maximum Gasteiger partial charge on any atom is 0.0128 e. The van der Waals surface area contributed by atoms with Crippen LogP contribution in [0.25, 0.3) is 0 Å². The zero-order valence-electron chi connectivity index (χ0n) is 14.0. The second kappa shape index (κ2) is 8.26. The maximum absolute atomic E-state index is 3.74. The van der Waals surface area contributed by atoms with E-state index in [1.807, 2.05) is 0 Å². The number of likely N-dealkylation sites (tertiary alicyclic amines) is 1. The minimum Gasteiger partial charge on any atom is -0.313 e. The molecule has 0 radical (unpaired) electrons. The molecular formula is C17H36N2. The lowest BCUT2D eigenvalue weighted by atomic mass is 9.84. The summed E-state index contributed by atoms with van der Waals surface area (Å²) in [4.78, 5) is 2.68. The molecule has 1 saturated heterocycles. The molecule has 1 atom stereocenters. The largest absolute Gasteiger partial charge is 0.313 e. The highest BCUT2D eigenvalue weighted by molar-refractivity contribution is 4.82. The summed E-state index contributed by atoms with van der Waals surface area (Å²) in [6.07, 6.45) is 6.73. The Balaban J connectivity index is 2.31. The van der Waals surface area contributed by atoms with Crippen LogP contribution in [0.1, 0.15) is 66.7 Å². The van der Waals surface area contributed by atoms with Crippen molar-refractivity contribution < 1.29 is 0 Å². The summed E-state index contributed by atoms with van der Waals surface area (Å²) in [6.45, 7) is 16.8. The molecule has 1 heterocycles. The number of nitrogens with one attached hydrogen (secondary N) is 1. The van der Waals surface area contributed by atoms with Crippen molar-refractivity contribution >= 4 is 0 Å². The van der Waals surface area contributed by atoms with Crippen molar-refractivity contribution in [3.8, 4) is 0 Å². The maximum atomic E-state index is 3.74. The smallest absolute Gasteiger partial charge is 0.0128 e. The van der Waals surface area contributed by atoms with Gasteiger partial charge in [-0.2, -0.15) is 0 Å². The molecule has 0 spiro atoms. The van der Waals surface area contributed by atoms with Gasteiger partial charge in [-0.15, -0.1) is 0 Å². The highest BCUT2D eigenvalue weighted by atomic mass is 15.1. The van der Waals surface area contributed by atoms with E-state index in [2.05, 4.69) is 44.8 Å². The van der Waals surface area contributed by atoms with Gasteiger partial charge in [0, 0.05) is 6.04 Å². The van der Waals surface area contributed by atoms with E-state index in [1.165, 1.54) is 51.7 Å². The van der Waals surface area contributed by atoms with Gasteiger partial charge in [-0.25, -0.2) is 0 Å². The Morgan fingerprint density at radius 3 is 2.26 bits per heavy atom. The van der Waals surface area contributed by atoms with Crippen LogP contribution in [0.4, 0.5) is 0 Å². The van der Waals surface area contributed by atoms with E-state index in [-0.39, 0.29) is 0 Å². The fourth-order valence-electron chi connectivity index (χ4n) is 3.09. The first kappa shape index (κ1) is 17.0. The Kier molecular flexibility index (Phi) is 7.38. The lowest BCUT2D eigenvalue weighted by molar-refractivity contribution is 0.157. The Labute approximate surface area is 121 Å². The normalized spacial score (nSPS) is 20.7. The molecule has 1 fully saturated rings.